The lowest BCUT2D eigenvalue weighted by Crippen LogP contribution is -2.48. The van der Waals surface area contributed by atoms with E-state index in [9.17, 15) is 0 Å². The molecule has 0 spiro atoms. The van der Waals surface area contributed by atoms with E-state index in [1.54, 1.807) is 0 Å². The third kappa shape index (κ3) is 10.5. The topological polar surface area (TPSA) is 15.7 Å². The van der Waals surface area contributed by atoms with Gasteiger partial charge in [-0.25, -0.2) is 0 Å². The third-order valence-corrected chi connectivity index (χ3v) is 6.21. The third-order valence-electron chi connectivity index (χ3n) is 6.21. The van der Waals surface area contributed by atoms with Crippen molar-refractivity contribution in [2.75, 3.05) is 32.8 Å². The number of piperazine rings is 1. The predicted octanol–water partition coefficient (Wildman–Crippen LogP) is 6.51. The van der Waals surface area contributed by atoms with Crippen LogP contribution in [0.3, 0.4) is 0 Å². The molecule has 3 nitrogen and oxygen atoms in total. The first kappa shape index (κ1) is 24.2. The molecule has 1 aromatic carbocycles. The molecule has 0 aromatic heterocycles. The number of nitrogens with zero attached hydrogens (tertiary/aromatic N) is 2. The molecule has 0 saturated carbocycles. The molecule has 1 aliphatic heterocycles. The molecule has 0 radical (unpaired) electrons. The molecule has 166 valence electrons. The number of hydrogen-bond acceptors (Lipinski definition) is 3. The average Bonchev–Trinajstić information content (AvgIpc) is 2.73. The second-order valence-electron chi connectivity index (χ2n) is 9.08. The molecule has 1 fully saturated rings. The number of hydrogen-bond donors (Lipinski definition) is 0. The van der Waals surface area contributed by atoms with Crippen molar-refractivity contribution in [3.8, 4) is 5.75 Å². The Labute approximate surface area is 180 Å². The van der Waals surface area contributed by atoms with Crippen LogP contribution < -0.4 is 4.74 Å². The summed E-state index contributed by atoms with van der Waals surface area (Å²) in [5, 5.41) is 0. The maximum atomic E-state index is 6.03. The van der Waals surface area contributed by atoms with E-state index in [4.69, 9.17) is 4.74 Å². The second kappa shape index (κ2) is 14.8. The fourth-order valence-electron chi connectivity index (χ4n) is 4.21. The molecule has 2 rings (SSSR count). The van der Waals surface area contributed by atoms with Crippen molar-refractivity contribution >= 4 is 0 Å². The van der Waals surface area contributed by atoms with Gasteiger partial charge in [-0.05, 0) is 38.0 Å². The fraction of sp³-hybridized carbons (Fsp3) is 0.769. The Morgan fingerprint density at radius 3 is 2.07 bits per heavy atom. The summed E-state index contributed by atoms with van der Waals surface area (Å²) in [6, 6.07) is 9.40. The Balaban J connectivity index is 1.53. The highest BCUT2D eigenvalue weighted by molar-refractivity contribution is 5.28. The van der Waals surface area contributed by atoms with Gasteiger partial charge in [0.25, 0.3) is 0 Å². The summed E-state index contributed by atoms with van der Waals surface area (Å²) in [6.07, 6.45) is 13.7. The van der Waals surface area contributed by atoms with Crippen LogP contribution in [0, 0.1) is 0 Å². The molecular weight excluding hydrogens is 356 g/mol. The quantitative estimate of drug-likeness (QED) is 0.311. The van der Waals surface area contributed by atoms with Crippen molar-refractivity contribution in [3.63, 3.8) is 0 Å². The van der Waals surface area contributed by atoms with Gasteiger partial charge in [-0.15, -0.1) is 0 Å². The van der Waals surface area contributed by atoms with E-state index in [0.717, 1.165) is 18.9 Å². The van der Waals surface area contributed by atoms with E-state index in [0.29, 0.717) is 6.04 Å². The SMILES string of the molecule is CCCCCCCCCCCCOc1cccc(CN2CCN(C(C)C)CC2)c1. The first-order valence-corrected chi connectivity index (χ1v) is 12.4. The Bertz CT molecular complexity index is 523. The zero-order chi connectivity index (χ0) is 20.7. The Morgan fingerprint density at radius 1 is 0.828 bits per heavy atom. The molecule has 0 bridgehead atoms. The van der Waals surface area contributed by atoms with E-state index < -0.39 is 0 Å². The minimum absolute atomic E-state index is 0.666. The lowest BCUT2D eigenvalue weighted by Gasteiger charge is -2.36. The van der Waals surface area contributed by atoms with Crippen molar-refractivity contribution in [2.24, 2.45) is 0 Å². The summed E-state index contributed by atoms with van der Waals surface area (Å²) >= 11 is 0. The Morgan fingerprint density at radius 2 is 1.45 bits per heavy atom. The molecule has 0 aliphatic carbocycles. The highest BCUT2D eigenvalue weighted by Gasteiger charge is 2.18. The molecule has 0 N–H and O–H groups in total. The fourth-order valence-corrected chi connectivity index (χ4v) is 4.21. The van der Waals surface area contributed by atoms with Gasteiger partial charge in [0.2, 0.25) is 0 Å². The summed E-state index contributed by atoms with van der Waals surface area (Å²) in [5.41, 5.74) is 1.38. The molecule has 1 saturated heterocycles. The monoisotopic (exact) mass is 402 g/mol. The standard InChI is InChI=1S/C26H46N2O/c1-4-5-6-7-8-9-10-11-12-13-21-29-26-16-14-15-25(22-26)23-27-17-19-28(20-18-27)24(2)3/h14-16,22,24H,4-13,17-21,23H2,1-3H3. The van der Waals surface area contributed by atoms with Crippen molar-refractivity contribution < 1.29 is 4.74 Å². The summed E-state index contributed by atoms with van der Waals surface area (Å²) in [5.74, 6) is 1.04. The lowest BCUT2D eigenvalue weighted by molar-refractivity contribution is 0.104. The van der Waals surface area contributed by atoms with Crippen LogP contribution in [0.15, 0.2) is 24.3 Å². The molecule has 0 amide bonds. The smallest absolute Gasteiger partial charge is 0.119 e. The maximum absolute atomic E-state index is 6.03. The van der Waals surface area contributed by atoms with E-state index in [1.165, 1.54) is 96.0 Å². The van der Waals surface area contributed by atoms with Crippen LogP contribution in [-0.4, -0.2) is 48.6 Å². The van der Waals surface area contributed by atoms with Crippen molar-refractivity contribution in [1.82, 2.24) is 9.80 Å². The van der Waals surface area contributed by atoms with Gasteiger partial charge < -0.3 is 4.74 Å². The molecule has 0 atom stereocenters. The average molecular weight is 403 g/mol. The lowest BCUT2D eigenvalue weighted by atomic mass is 10.1. The van der Waals surface area contributed by atoms with Gasteiger partial charge >= 0.3 is 0 Å². The van der Waals surface area contributed by atoms with E-state index in [2.05, 4.69) is 54.8 Å². The normalized spacial score (nSPS) is 15.9. The van der Waals surface area contributed by atoms with Gasteiger partial charge in [-0.1, -0.05) is 76.8 Å². The zero-order valence-electron chi connectivity index (χ0n) is 19.5. The van der Waals surface area contributed by atoms with Gasteiger partial charge in [0.15, 0.2) is 0 Å². The molecule has 0 unspecified atom stereocenters. The van der Waals surface area contributed by atoms with Gasteiger partial charge in [0.1, 0.15) is 5.75 Å². The summed E-state index contributed by atoms with van der Waals surface area (Å²) in [6.45, 7) is 13.5. The first-order chi connectivity index (χ1) is 14.2. The van der Waals surface area contributed by atoms with Crippen LogP contribution in [0.5, 0.6) is 5.75 Å². The summed E-state index contributed by atoms with van der Waals surface area (Å²) < 4.78 is 6.03. The van der Waals surface area contributed by atoms with Gasteiger partial charge in [-0.3, -0.25) is 9.80 Å². The number of benzene rings is 1. The van der Waals surface area contributed by atoms with Crippen LogP contribution >= 0.6 is 0 Å². The Hall–Kier alpha value is -1.06. The zero-order valence-corrected chi connectivity index (χ0v) is 19.5. The van der Waals surface area contributed by atoms with Crippen molar-refractivity contribution in [3.05, 3.63) is 29.8 Å². The van der Waals surface area contributed by atoms with Crippen LogP contribution in [0.1, 0.15) is 90.5 Å². The highest BCUT2D eigenvalue weighted by Crippen LogP contribution is 2.17. The van der Waals surface area contributed by atoms with Gasteiger partial charge in [0.05, 0.1) is 6.61 Å². The van der Waals surface area contributed by atoms with Crippen LogP contribution in [0.4, 0.5) is 0 Å². The van der Waals surface area contributed by atoms with Crippen molar-refractivity contribution in [1.29, 1.82) is 0 Å². The number of ether oxygens (including phenoxy) is 1. The van der Waals surface area contributed by atoms with E-state index in [1.807, 2.05) is 0 Å². The largest absolute Gasteiger partial charge is 0.494 e. The highest BCUT2D eigenvalue weighted by atomic mass is 16.5. The minimum atomic E-state index is 0.666. The van der Waals surface area contributed by atoms with E-state index in [-0.39, 0.29) is 0 Å². The summed E-state index contributed by atoms with van der Waals surface area (Å²) in [7, 11) is 0. The van der Waals surface area contributed by atoms with Crippen molar-refractivity contribution in [2.45, 2.75) is 97.6 Å². The van der Waals surface area contributed by atoms with Gasteiger partial charge in [-0.2, -0.15) is 0 Å². The molecular formula is C26H46N2O. The van der Waals surface area contributed by atoms with E-state index >= 15 is 0 Å². The first-order valence-electron chi connectivity index (χ1n) is 12.4. The Kier molecular flexibility index (Phi) is 12.4. The summed E-state index contributed by atoms with van der Waals surface area (Å²) in [4.78, 5) is 5.14. The van der Waals surface area contributed by atoms with Gasteiger partial charge in [0, 0.05) is 38.8 Å². The van der Waals surface area contributed by atoms with Crippen LogP contribution in [-0.2, 0) is 6.54 Å². The molecule has 3 heteroatoms. The second-order valence-corrected chi connectivity index (χ2v) is 9.08. The molecule has 29 heavy (non-hydrogen) atoms. The van der Waals surface area contributed by atoms with Crippen LogP contribution in [0.2, 0.25) is 0 Å². The van der Waals surface area contributed by atoms with Crippen LogP contribution in [0.25, 0.3) is 0 Å². The molecule has 1 aromatic rings. The predicted molar refractivity (Wildman–Crippen MR) is 126 cm³/mol. The molecule has 1 heterocycles. The maximum Gasteiger partial charge on any atom is 0.119 e. The number of rotatable bonds is 15. The molecule has 1 aliphatic rings. The minimum Gasteiger partial charge on any atom is -0.494 e. The number of unbranched alkanes of at least 4 members (excludes halogenated alkanes) is 9.